The van der Waals surface area contributed by atoms with Crippen LogP contribution >= 0.6 is 0 Å². The number of rotatable bonds is 2. The summed E-state index contributed by atoms with van der Waals surface area (Å²) in [5.74, 6) is 0.673. The van der Waals surface area contributed by atoms with Crippen LogP contribution in [-0.4, -0.2) is 16.9 Å². The number of nitrogens with zero attached hydrogens (tertiary/aromatic N) is 1. The Morgan fingerprint density at radius 3 is 3.10 bits per heavy atom. The van der Waals surface area contributed by atoms with E-state index in [0.29, 0.717) is 5.76 Å². The summed E-state index contributed by atoms with van der Waals surface area (Å²) in [6.45, 7) is 1.87. The molecule has 0 radical (unpaired) electrons. The first-order valence-corrected chi connectivity index (χ1v) is 3.03. The lowest BCUT2D eigenvalue weighted by atomic mass is 10.3. The molecule has 0 unspecified atom stereocenters. The van der Waals surface area contributed by atoms with Crippen LogP contribution in [0.2, 0.25) is 0 Å². The van der Waals surface area contributed by atoms with Crippen molar-refractivity contribution >= 4 is 6.08 Å². The van der Waals surface area contributed by atoms with Gasteiger partial charge in [0.25, 0.3) is 0 Å². The molecule has 1 aromatic heterocycles. The highest BCUT2D eigenvalue weighted by molar-refractivity contribution is 5.42. The normalized spacial score (nSPS) is 11.0. The second-order valence-corrected chi connectivity index (χ2v) is 1.96. The zero-order valence-electron chi connectivity index (χ0n) is 5.74. The maximum Gasteiger partial charge on any atom is 0.159 e. The molecule has 3 nitrogen and oxygen atoms in total. The molecular formula is C7H9NO2. The van der Waals surface area contributed by atoms with E-state index in [0.717, 1.165) is 5.69 Å². The fourth-order valence-corrected chi connectivity index (χ4v) is 0.631. The van der Waals surface area contributed by atoms with Gasteiger partial charge < -0.3 is 9.63 Å². The van der Waals surface area contributed by atoms with Gasteiger partial charge in [0.15, 0.2) is 5.76 Å². The average molecular weight is 139 g/mol. The summed E-state index contributed by atoms with van der Waals surface area (Å²) in [5.41, 5.74) is 0.845. The monoisotopic (exact) mass is 139 g/mol. The Bertz CT molecular complexity index is 227. The number of aromatic nitrogens is 1. The van der Waals surface area contributed by atoms with Crippen LogP contribution in [0.3, 0.4) is 0 Å². The van der Waals surface area contributed by atoms with Crippen molar-refractivity contribution in [2.75, 3.05) is 6.61 Å². The van der Waals surface area contributed by atoms with E-state index < -0.39 is 0 Å². The molecule has 10 heavy (non-hydrogen) atoms. The Balaban J connectivity index is 2.67. The topological polar surface area (TPSA) is 46.3 Å². The first kappa shape index (κ1) is 7.02. The van der Waals surface area contributed by atoms with Crippen molar-refractivity contribution in [3.8, 4) is 0 Å². The highest BCUT2D eigenvalue weighted by Gasteiger charge is 1.92. The number of hydrogen-bond acceptors (Lipinski definition) is 3. The summed E-state index contributed by atoms with van der Waals surface area (Å²) >= 11 is 0. The van der Waals surface area contributed by atoms with Crippen LogP contribution in [0, 0.1) is 6.92 Å². The van der Waals surface area contributed by atoms with Crippen LogP contribution in [0.4, 0.5) is 0 Å². The molecule has 0 spiro atoms. The molecule has 0 bridgehead atoms. The molecule has 0 aliphatic rings. The van der Waals surface area contributed by atoms with E-state index in [1.165, 1.54) is 0 Å². The Morgan fingerprint density at radius 2 is 2.60 bits per heavy atom. The average Bonchev–Trinajstić information content (AvgIpc) is 2.31. The molecule has 0 aliphatic carbocycles. The van der Waals surface area contributed by atoms with Crippen LogP contribution in [0.25, 0.3) is 6.08 Å². The van der Waals surface area contributed by atoms with E-state index in [2.05, 4.69) is 5.16 Å². The molecule has 1 rings (SSSR count). The molecule has 1 aromatic rings. The summed E-state index contributed by atoms with van der Waals surface area (Å²) in [5, 5.41) is 12.0. The predicted molar refractivity (Wildman–Crippen MR) is 37.4 cm³/mol. The molecule has 3 heteroatoms. The molecule has 0 saturated carbocycles. The van der Waals surface area contributed by atoms with E-state index in [4.69, 9.17) is 9.63 Å². The Labute approximate surface area is 59.0 Å². The third-order valence-electron chi connectivity index (χ3n) is 1.03. The Kier molecular flexibility index (Phi) is 2.23. The van der Waals surface area contributed by atoms with E-state index >= 15 is 0 Å². The maximum atomic E-state index is 8.39. The van der Waals surface area contributed by atoms with Gasteiger partial charge in [0.05, 0.1) is 12.3 Å². The molecule has 0 amide bonds. The van der Waals surface area contributed by atoms with Gasteiger partial charge >= 0.3 is 0 Å². The standard InChI is InChI=1S/C7H9NO2/c1-6-5-7(10-8-6)3-2-4-9/h2-3,5,9H,4H2,1H3/b3-2+. The smallest absolute Gasteiger partial charge is 0.159 e. The summed E-state index contributed by atoms with van der Waals surface area (Å²) in [7, 11) is 0. The van der Waals surface area contributed by atoms with Crippen LogP contribution in [0.1, 0.15) is 11.5 Å². The van der Waals surface area contributed by atoms with Gasteiger partial charge in [0, 0.05) is 6.07 Å². The van der Waals surface area contributed by atoms with Crippen molar-refractivity contribution in [1.82, 2.24) is 5.16 Å². The number of aliphatic hydroxyl groups excluding tert-OH is 1. The quantitative estimate of drug-likeness (QED) is 0.664. The van der Waals surface area contributed by atoms with Gasteiger partial charge in [-0.25, -0.2) is 0 Å². The summed E-state index contributed by atoms with van der Waals surface area (Å²) < 4.78 is 4.82. The lowest BCUT2D eigenvalue weighted by Gasteiger charge is -1.77. The minimum absolute atomic E-state index is 0.0275. The van der Waals surface area contributed by atoms with E-state index in [-0.39, 0.29) is 6.61 Å². The van der Waals surface area contributed by atoms with Crippen LogP contribution < -0.4 is 0 Å². The van der Waals surface area contributed by atoms with Crippen LogP contribution in [0.15, 0.2) is 16.7 Å². The molecule has 1 N–H and O–H groups in total. The fourth-order valence-electron chi connectivity index (χ4n) is 0.631. The second kappa shape index (κ2) is 3.17. The van der Waals surface area contributed by atoms with Crippen molar-refractivity contribution in [3.05, 3.63) is 23.6 Å². The van der Waals surface area contributed by atoms with Gasteiger partial charge in [-0.1, -0.05) is 11.2 Å². The largest absolute Gasteiger partial charge is 0.392 e. The van der Waals surface area contributed by atoms with Gasteiger partial charge in [-0.3, -0.25) is 0 Å². The second-order valence-electron chi connectivity index (χ2n) is 1.96. The molecule has 0 fully saturated rings. The molecule has 0 aliphatic heterocycles. The maximum absolute atomic E-state index is 8.39. The first-order chi connectivity index (χ1) is 4.83. The number of hydrogen-bond donors (Lipinski definition) is 1. The van der Waals surface area contributed by atoms with Crippen molar-refractivity contribution in [3.63, 3.8) is 0 Å². The van der Waals surface area contributed by atoms with Gasteiger partial charge in [0.2, 0.25) is 0 Å². The minimum atomic E-state index is 0.0275. The minimum Gasteiger partial charge on any atom is -0.392 e. The number of aliphatic hydroxyl groups is 1. The van der Waals surface area contributed by atoms with Crippen LogP contribution in [0.5, 0.6) is 0 Å². The first-order valence-electron chi connectivity index (χ1n) is 3.03. The number of aryl methyl sites for hydroxylation is 1. The lowest BCUT2D eigenvalue weighted by Crippen LogP contribution is -1.69. The predicted octanol–water partition coefficient (Wildman–Crippen LogP) is 0.989. The van der Waals surface area contributed by atoms with Gasteiger partial charge in [-0.05, 0) is 13.0 Å². The highest BCUT2D eigenvalue weighted by Crippen LogP contribution is 2.03. The van der Waals surface area contributed by atoms with Crippen molar-refractivity contribution in [2.24, 2.45) is 0 Å². The summed E-state index contributed by atoms with van der Waals surface area (Å²) in [4.78, 5) is 0. The summed E-state index contributed by atoms with van der Waals surface area (Å²) in [6.07, 6.45) is 3.28. The zero-order valence-corrected chi connectivity index (χ0v) is 5.74. The lowest BCUT2D eigenvalue weighted by molar-refractivity contribution is 0.343. The Morgan fingerprint density at radius 1 is 1.80 bits per heavy atom. The molecule has 0 aromatic carbocycles. The molecule has 54 valence electrons. The molecular weight excluding hydrogens is 130 g/mol. The fraction of sp³-hybridized carbons (Fsp3) is 0.286. The SMILES string of the molecule is Cc1cc(/C=C/CO)on1. The molecule has 1 heterocycles. The highest BCUT2D eigenvalue weighted by atomic mass is 16.5. The third-order valence-corrected chi connectivity index (χ3v) is 1.03. The summed E-state index contributed by atoms with van der Waals surface area (Å²) in [6, 6.07) is 1.80. The Hall–Kier alpha value is -1.09. The van der Waals surface area contributed by atoms with E-state index in [9.17, 15) is 0 Å². The van der Waals surface area contributed by atoms with Gasteiger partial charge in [0.1, 0.15) is 0 Å². The van der Waals surface area contributed by atoms with Crippen molar-refractivity contribution in [1.29, 1.82) is 0 Å². The van der Waals surface area contributed by atoms with Crippen molar-refractivity contribution in [2.45, 2.75) is 6.92 Å². The molecule has 0 saturated heterocycles. The van der Waals surface area contributed by atoms with Gasteiger partial charge in [-0.2, -0.15) is 0 Å². The van der Waals surface area contributed by atoms with Crippen LogP contribution in [-0.2, 0) is 0 Å². The molecule has 0 atom stereocenters. The van der Waals surface area contributed by atoms with E-state index in [1.807, 2.05) is 6.92 Å². The zero-order chi connectivity index (χ0) is 7.40. The van der Waals surface area contributed by atoms with Gasteiger partial charge in [-0.15, -0.1) is 0 Å². The third kappa shape index (κ3) is 1.70. The van der Waals surface area contributed by atoms with E-state index in [1.54, 1.807) is 18.2 Å². The van der Waals surface area contributed by atoms with Crippen molar-refractivity contribution < 1.29 is 9.63 Å².